The lowest BCUT2D eigenvalue weighted by Gasteiger charge is -2.27. The summed E-state index contributed by atoms with van der Waals surface area (Å²) in [7, 11) is 0. The van der Waals surface area contributed by atoms with Crippen LogP contribution in [0.4, 0.5) is 5.82 Å². The molecule has 0 aliphatic carbocycles. The Labute approximate surface area is 124 Å². The average Bonchev–Trinajstić information content (AvgIpc) is 2.41. The SMILES string of the molecule is CCCNc1nc(C2SCCSC2C)nc(C)c1C. The smallest absolute Gasteiger partial charge is 0.145 e. The maximum Gasteiger partial charge on any atom is 0.145 e. The van der Waals surface area contributed by atoms with Gasteiger partial charge in [0, 0.05) is 34.6 Å². The molecule has 1 aliphatic heterocycles. The zero-order chi connectivity index (χ0) is 13.8. The summed E-state index contributed by atoms with van der Waals surface area (Å²) in [5, 5.41) is 4.46. The third-order valence-electron chi connectivity index (χ3n) is 3.39. The summed E-state index contributed by atoms with van der Waals surface area (Å²) in [6, 6.07) is 0. The minimum Gasteiger partial charge on any atom is -0.370 e. The first-order valence-corrected chi connectivity index (χ1v) is 9.05. The van der Waals surface area contributed by atoms with Crippen molar-refractivity contribution in [3.8, 4) is 0 Å². The molecule has 0 saturated carbocycles. The Bertz CT molecular complexity index is 437. The maximum absolute atomic E-state index is 4.79. The van der Waals surface area contributed by atoms with Crippen LogP contribution in [0.2, 0.25) is 0 Å². The lowest BCUT2D eigenvalue weighted by molar-refractivity contribution is 0.807. The summed E-state index contributed by atoms with van der Waals surface area (Å²) in [4.78, 5) is 9.52. The molecule has 1 aromatic rings. The molecule has 0 aromatic carbocycles. The first-order valence-electron chi connectivity index (χ1n) is 6.95. The number of rotatable bonds is 4. The number of nitrogens with zero attached hydrogens (tertiary/aromatic N) is 2. The van der Waals surface area contributed by atoms with Crippen molar-refractivity contribution in [3.05, 3.63) is 17.1 Å². The Balaban J connectivity index is 2.27. The van der Waals surface area contributed by atoms with E-state index in [0.717, 1.165) is 30.3 Å². The quantitative estimate of drug-likeness (QED) is 0.914. The van der Waals surface area contributed by atoms with E-state index in [1.165, 1.54) is 17.1 Å². The molecular formula is C14H23N3S2. The Morgan fingerprint density at radius 2 is 1.95 bits per heavy atom. The van der Waals surface area contributed by atoms with E-state index in [9.17, 15) is 0 Å². The number of thioether (sulfide) groups is 2. The Kier molecular flexibility index (Phi) is 5.39. The van der Waals surface area contributed by atoms with Gasteiger partial charge in [-0.1, -0.05) is 13.8 Å². The van der Waals surface area contributed by atoms with Crippen molar-refractivity contribution >= 4 is 29.3 Å². The standard InChI is InChI=1S/C14H23N3S2/c1-5-6-15-13-9(2)10(3)16-14(17-13)12-11(4)18-7-8-19-12/h11-12H,5-8H2,1-4H3,(H,15,16,17). The van der Waals surface area contributed by atoms with Crippen molar-refractivity contribution in [3.63, 3.8) is 0 Å². The van der Waals surface area contributed by atoms with E-state index in [0.29, 0.717) is 10.5 Å². The van der Waals surface area contributed by atoms with Crippen LogP contribution >= 0.6 is 23.5 Å². The second-order valence-electron chi connectivity index (χ2n) is 4.93. The largest absolute Gasteiger partial charge is 0.370 e. The minimum atomic E-state index is 0.431. The number of aryl methyl sites for hydroxylation is 1. The van der Waals surface area contributed by atoms with Gasteiger partial charge >= 0.3 is 0 Å². The van der Waals surface area contributed by atoms with Crippen LogP contribution in [0.25, 0.3) is 0 Å². The number of nitrogens with one attached hydrogen (secondary N) is 1. The Morgan fingerprint density at radius 1 is 1.21 bits per heavy atom. The minimum absolute atomic E-state index is 0.431. The second kappa shape index (κ2) is 6.84. The molecule has 1 saturated heterocycles. The molecule has 2 atom stereocenters. The zero-order valence-electron chi connectivity index (χ0n) is 12.2. The summed E-state index contributed by atoms with van der Waals surface area (Å²) in [6.45, 7) is 9.62. The maximum atomic E-state index is 4.79. The third kappa shape index (κ3) is 3.57. The molecule has 2 heterocycles. The number of aromatic nitrogens is 2. The van der Waals surface area contributed by atoms with Gasteiger partial charge in [-0.3, -0.25) is 0 Å². The molecule has 19 heavy (non-hydrogen) atoms. The van der Waals surface area contributed by atoms with Crippen molar-refractivity contribution in [2.75, 3.05) is 23.4 Å². The van der Waals surface area contributed by atoms with Gasteiger partial charge in [0.1, 0.15) is 11.6 Å². The van der Waals surface area contributed by atoms with E-state index in [-0.39, 0.29) is 0 Å². The summed E-state index contributed by atoms with van der Waals surface area (Å²) in [5.41, 5.74) is 2.28. The summed E-state index contributed by atoms with van der Waals surface area (Å²) in [5.74, 6) is 4.47. The molecule has 106 valence electrons. The van der Waals surface area contributed by atoms with Crippen LogP contribution in [0, 0.1) is 13.8 Å². The molecule has 0 radical (unpaired) electrons. The van der Waals surface area contributed by atoms with Gasteiger partial charge in [-0.2, -0.15) is 11.8 Å². The topological polar surface area (TPSA) is 37.8 Å². The van der Waals surface area contributed by atoms with Crippen molar-refractivity contribution in [1.29, 1.82) is 0 Å². The molecule has 0 amide bonds. The fourth-order valence-corrected chi connectivity index (χ4v) is 4.80. The van der Waals surface area contributed by atoms with E-state index in [1.807, 2.05) is 23.5 Å². The van der Waals surface area contributed by atoms with Crippen LogP contribution in [-0.4, -0.2) is 33.3 Å². The number of hydrogen-bond acceptors (Lipinski definition) is 5. The lowest BCUT2D eigenvalue weighted by atomic mass is 10.2. The van der Waals surface area contributed by atoms with Gasteiger partial charge in [0.25, 0.3) is 0 Å². The summed E-state index contributed by atoms with van der Waals surface area (Å²) >= 11 is 4.03. The van der Waals surface area contributed by atoms with Crippen LogP contribution in [0.1, 0.15) is 42.6 Å². The van der Waals surface area contributed by atoms with Crippen LogP contribution in [0.15, 0.2) is 0 Å². The van der Waals surface area contributed by atoms with Crippen LogP contribution in [0.5, 0.6) is 0 Å². The summed E-state index contributed by atoms with van der Waals surface area (Å²) < 4.78 is 0. The molecule has 0 spiro atoms. The summed E-state index contributed by atoms with van der Waals surface area (Å²) in [6.07, 6.45) is 1.11. The van der Waals surface area contributed by atoms with Crippen molar-refractivity contribution in [2.24, 2.45) is 0 Å². The second-order valence-corrected chi connectivity index (χ2v) is 7.67. The van der Waals surface area contributed by atoms with Gasteiger partial charge in [-0.15, -0.1) is 11.8 Å². The Morgan fingerprint density at radius 3 is 2.63 bits per heavy atom. The van der Waals surface area contributed by atoms with Crippen molar-refractivity contribution in [1.82, 2.24) is 9.97 Å². The lowest BCUT2D eigenvalue weighted by Crippen LogP contribution is -2.20. The molecule has 2 unspecified atom stereocenters. The van der Waals surface area contributed by atoms with E-state index in [2.05, 4.69) is 33.0 Å². The molecule has 0 bridgehead atoms. The van der Waals surface area contributed by atoms with Crippen LogP contribution < -0.4 is 5.32 Å². The first-order chi connectivity index (χ1) is 9.13. The first kappa shape index (κ1) is 15.0. The van der Waals surface area contributed by atoms with Crippen LogP contribution in [-0.2, 0) is 0 Å². The van der Waals surface area contributed by atoms with Gasteiger partial charge in [0.15, 0.2) is 0 Å². The number of anilines is 1. The molecule has 1 aromatic heterocycles. The van der Waals surface area contributed by atoms with E-state index in [1.54, 1.807) is 0 Å². The molecule has 1 aliphatic rings. The normalized spacial score (nSPS) is 23.4. The molecular weight excluding hydrogens is 274 g/mol. The number of hydrogen-bond donors (Lipinski definition) is 1. The zero-order valence-corrected chi connectivity index (χ0v) is 13.8. The van der Waals surface area contributed by atoms with Gasteiger partial charge in [0.2, 0.25) is 0 Å². The highest BCUT2D eigenvalue weighted by Gasteiger charge is 2.27. The van der Waals surface area contributed by atoms with Crippen molar-refractivity contribution < 1.29 is 0 Å². The highest BCUT2D eigenvalue weighted by atomic mass is 32.2. The van der Waals surface area contributed by atoms with Crippen LogP contribution in [0.3, 0.4) is 0 Å². The molecule has 5 heteroatoms. The van der Waals surface area contributed by atoms with Gasteiger partial charge in [-0.25, -0.2) is 9.97 Å². The van der Waals surface area contributed by atoms with Gasteiger partial charge < -0.3 is 5.32 Å². The fraction of sp³-hybridized carbons (Fsp3) is 0.714. The third-order valence-corrected chi connectivity index (χ3v) is 6.48. The fourth-order valence-electron chi connectivity index (χ4n) is 2.11. The highest BCUT2D eigenvalue weighted by Crippen LogP contribution is 2.41. The molecule has 1 N–H and O–H groups in total. The van der Waals surface area contributed by atoms with E-state index < -0.39 is 0 Å². The van der Waals surface area contributed by atoms with Gasteiger partial charge in [-0.05, 0) is 20.3 Å². The van der Waals surface area contributed by atoms with E-state index in [4.69, 9.17) is 9.97 Å². The van der Waals surface area contributed by atoms with Crippen molar-refractivity contribution in [2.45, 2.75) is 44.6 Å². The Hall–Kier alpha value is -0.420. The molecule has 1 fully saturated rings. The highest BCUT2D eigenvalue weighted by molar-refractivity contribution is 8.06. The predicted octanol–water partition coefficient (Wildman–Crippen LogP) is 3.82. The van der Waals surface area contributed by atoms with Gasteiger partial charge in [0.05, 0.1) is 5.25 Å². The monoisotopic (exact) mass is 297 g/mol. The molecule has 2 rings (SSSR count). The predicted molar refractivity (Wildman–Crippen MR) is 87.4 cm³/mol. The molecule has 3 nitrogen and oxygen atoms in total. The average molecular weight is 297 g/mol. The van der Waals surface area contributed by atoms with E-state index >= 15 is 0 Å².